The van der Waals surface area contributed by atoms with E-state index < -0.39 is 10.0 Å². The van der Waals surface area contributed by atoms with Crippen molar-refractivity contribution in [3.05, 3.63) is 0 Å². The molecule has 0 radical (unpaired) electrons. The van der Waals surface area contributed by atoms with Crippen molar-refractivity contribution >= 4 is 10.0 Å². The van der Waals surface area contributed by atoms with E-state index in [1.165, 1.54) is 0 Å². The highest BCUT2D eigenvalue weighted by atomic mass is 32.2. The van der Waals surface area contributed by atoms with Crippen molar-refractivity contribution in [2.24, 2.45) is 10.6 Å². The van der Waals surface area contributed by atoms with Crippen LogP contribution in [-0.2, 0) is 14.8 Å². The molecule has 0 spiro atoms. The molecule has 0 amide bonds. The van der Waals surface area contributed by atoms with Crippen LogP contribution >= 0.6 is 0 Å². The molecule has 0 bridgehead atoms. The van der Waals surface area contributed by atoms with Gasteiger partial charge >= 0.3 is 0 Å². The van der Waals surface area contributed by atoms with Crippen LogP contribution in [0.5, 0.6) is 0 Å². The molecule has 1 unspecified atom stereocenters. The van der Waals surface area contributed by atoms with Gasteiger partial charge in [0.2, 0.25) is 10.0 Å². The van der Waals surface area contributed by atoms with Crippen molar-refractivity contribution in [1.29, 1.82) is 0 Å². The van der Waals surface area contributed by atoms with Gasteiger partial charge in [-0.2, -0.15) is 0 Å². The predicted molar refractivity (Wildman–Crippen MR) is 52.8 cm³/mol. The maximum atomic E-state index is 10.6. The molecule has 2 N–H and O–H groups in total. The van der Waals surface area contributed by atoms with Crippen LogP contribution in [0.25, 0.3) is 0 Å². The lowest BCUT2D eigenvalue weighted by Crippen LogP contribution is -2.29. The number of hydrogen-bond donors (Lipinski definition) is 1. The molecular formula is C8H19NO3S. The van der Waals surface area contributed by atoms with Crippen LogP contribution in [-0.4, -0.2) is 26.9 Å². The number of hydrogen-bond acceptors (Lipinski definition) is 3. The summed E-state index contributed by atoms with van der Waals surface area (Å²) < 4.78 is 26.4. The number of sulfonamides is 1. The SMILES string of the molecule is CC(OCCS(N)(=O)=O)C(C)(C)C. The average Bonchev–Trinajstić information content (AvgIpc) is 1.82. The highest BCUT2D eigenvalue weighted by Gasteiger charge is 2.20. The number of rotatable bonds is 4. The molecule has 13 heavy (non-hydrogen) atoms. The van der Waals surface area contributed by atoms with Gasteiger partial charge in [0.15, 0.2) is 0 Å². The van der Waals surface area contributed by atoms with Gasteiger partial charge in [0, 0.05) is 0 Å². The third-order valence-corrected chi connectivity index (χ3v) is 2.69. The Labute approximate surface area is 80.5 Å². The quantitative estimate of drug-likeness (QED) is 0.742. The molecule has 5 heteroatoms. The normalized spacial score (nSPS) is 15.8. The fraction of sp³-hybridized carbons (Fsp3) is 1.00. The van der Waals surface area contributed by atoms with Gasteiger partial charge in [-0.15, -0.1) is 0 Å². The number of nitrogens with two attached hydrogens (primary N) is 1. The summed E-state index contributed by atoms with van der Waals surface area (Å²) in [6.07, 6.45) is 0.0225. The molecule has 0 aliphatic heterocycles. The van der Waals surface area contributed by atoms with Crippen molar-refractivity contribution in [3.8, 4) is 0 Å². The third kappa shape index (κ3) is 6.98. The molecule has 0 rings (SSSR count). The molecule has 0 aromatic heterocycles. The molecule has 0 saturated heterocycles. The topological polar surface area (TPSA) is 69.4 Å². The Hall–Kier alpha value is -0.130. The number of primary sulfonamides is 1. The lowest BCUT2D eigenvalue weighted by atomic mass is 9.90. The maximum absolute atomic E-state index is 10.6. The van der Waals surface area contributed by atoms with E-state index in [4.69, 9.17) is 9.88 Å². The monoisotopic (exact) mass is 209 g/mol. The molecule has 0 aromatic rings. The van der Waals surface area contributed by atoms with E-state index in [0.717, 1.165) is 0 Å². The first-order valence-corrected chi connectivity index (χ1v) is 5.96. The standard InChI is InChI=1S/C8H19NO3S/c1-7(8(2,3)4)12-5-6-13(9,10)11/h7H,5-6H2,1-4H3,(H2,9,10,11). The van der Waals surface area contributed by atoms with Gasteiger partial charge in [-0.25, -0.2) is 13.6 Å². The van der Waals surface area contributed by atoms with E-state index in [0.29, 0.717) is 0 Å². The summed E-state index contributed by atoms with van der Waals surface area (Å²) >= 11 is 0. The fourth-order valence-electron chi connectivity index (χ4n) is 0.591. The van der Waals surface area contributed by atoms with Crippen LogP contribution < -0.4 is 5.14 Å². The first-order valence-electron chi connectivity index (χ1n) is 4.25. The van der Waals surface area contributed by atoms with Crippen LogP contribution in [0, 0.1) is 5.41 Å². The highest BCUT2D eigenvalue weighted by Crippen LogP contribution is 2.21. The minimum Gasteiger partial charge on any atom is -0.377 e. The second kappa shape index (κ2) is 4.39. The third-order valence-electron chi connectivity index (χ3n) is 1.96. The first-order chi connectivity index (χ1) is 5.63. The summed E-state index contributed by atoms with van der Waals surface area (Å²) in [7, 11) is -3.39. The van der Waals surface area contributed by atoms with Crippen LogP contribution in [0.2, 0.25) is 0 Å². The van der Waals surface area contributed by atoms with Gasteiger partial charge in [0.05, 0.1) is 18.5 Å². The summed E-state index contributed by atoms with van der Waals surface area (Å²) in [5, 5.41) is 4.82. The van der Waals surface area contributed by atoms with Crippen LogP contribution in [0.15, 0.2) is 0 Å². The van der Waals surface area contributed by atoms with Gasteiger partial charge in [-0.05, 0) is 12.3 Å². The molecule has 0 aromatic carbocycles. The lowest BCUT2D eigenvalue weighted by molar-refractivity contribution is 0.00320. The van der Waals surface area contributed by atoms with Crippen molar-refractivity contribution < 1.29 is 13.2 Å². The molecule has 0 fully saturated rings. The average molecular weight is 209 g/mol. The minimum atomic E-state index is -3.39. The second-order valence-electron chi connectivity index (χ2n) is 4.25. The summed E-state index contributed by atoms with van der Waals surface area (Å²) in [4.78, 5) is 0. The molecular weight excluding hydrogens is 190 g/mol. The van der Waals surface area contributed by atoms with E-state index in [1.54, 1.807) is 0 Å². The Bertz CT molecular complexity index is 241. The zero-order chi connectivity index (χ0) is 10.7. The van der Waals surface area contributed by atoms with Crippen LogP contribution in [0.3, 0.4) is 0 Å². The highest BCUT2D eigenvalue weighted by molar-refractivity contribution is 7.89. The second-order valence-corrected chi connectivity index (χ2v) is 5.98. The van der Waals surface area contributed by atoms with Crippen LogP contribution in [0.1, 0.15) is 27.7 Å². The van der Waals surface area contributed by atoms with E-state index in [1.807, 2.05) is 27.7 Å². The Morgan fingerprint density at radius 3 is 2.15 bits per heavy atom. The van der Waals surface area contributed by atoms with Gasteiger partial charge in [0.25, 0.3) is 0 Å². The predicted octanol–water partition coefficient (Wildman–Crippen LogP) is 0.726. The van der Waals surface area contributed by atoms with E-state index in [2.05, 4.69) is 0 Å². The van der Waals surface area contributed by atoms with Crippen molar-refractivity contribution in [1.82, 2.24) is 0 Å². The molecule has 0 aliphatic rings. The lowest BCUT2D eigenvalue weighted by Gasteiger charge is -2.27. The van der Waals surface area contributed by atoms with Gasteiger partial charge in [-0.3, -0.25) is 0 Å². The first kappa shape index (κ1) is 12.9. The summed E-state index contributed by atoms with van der Waals surface area (Å²) in [6.45, 7) is 8.19. The van der Waals surface area contributed by atoms with Crippen molar-refractivity contribution in [3.63, 3.8) is 0 Å². The van der Waals surface area contributed by atoms with E-state index in [9.17, 15) is 8.42 Å². The Morgan fingerprint density at radius 1 is 1.38 bits per heavy atom. The number of ether oxygens (including phenoxy) is 1. The minimum absolute atomic E-state index is 0.0225. The smallest absolute Gasteiger partial charge is 0.211 e. The van der Waals surface area contributed by atoms with Crippen LogP contribution in [0.4, 0.5) is 0 Å². The molecule has 0 aliphatic carbocycles. The molecule has 4 nitrogen and oxygen atoms in total. The zero-order valence-corrected chi connectivity index (χ0v) is 9.52. The molecule has 0 saturated carbocycles. The molecule has 80 valence electrons. The Balaban J connectivity index is 3.80. The largest absolute Gasteiger partial charge is 0.377 e. The Kier molecular flexibility index (Phi) is 4.35. The zero-order valence-electron chi connectivity index (χ0n) is 8.70. The maximum Gasteiger partial charge on any atom is 0.211 e. The van der Waals surface area contributed by atoms with Gasteiger partial charge in [-0.1, -0.05) is 20.8 Å². The van der Waals surface area contributed by atoms with Crippen molar-refractivity contribution in [2.45, 2.75) is 33.8 Å². The van der Waals surface area contributed by atoms with E-state index >= 15 is 0 Å². The molecule has 0 heterocycles. The van der Waals surface area contributed by atoms with Gasteiger partial charge in [0.1, 0.15) is 0 Å². The summed E-state index contributed by atoms with van der Waals surface area (Å²) in [5.74, 6) is -0.118. The Morgan fingerprint density at radius 2 is 1.85 bits per heavy atom. The summed E-state index contributed by atoms with van der Waals surface area (Å²) in [5.41, 5.74) is 0.0262. The summed E-state index contributed by atoms with van der Waals surface area (Å²) in [6, 6.07) is 0. The molecule has 1 atom stereocenters. The van der Waals surface area contributed by atoms with E-state index in [-0.39, 0.29) is 23.9 Å². The van der Waals surface area contributed by atoms with Crippen molar-refractivity contribution in [2.75, 3.05) is 12.4 Å². The van der Waals surface area contributed by atoms with Gasteiger partial charge < -0.3 is 4.74 Å². The fourth-order valence-corrected chi connectivity index (χ4v) is 0.920.